The van der Waals surface area contributed by atoms with Crippen LogP contribution < -0.4 is 4.90 Å². The summed E-state index contributed by atoms with van der Waals surface area (Å²) in [5.41, 5.74) is 2.98. The molecule has 2 rings (SSSR count). The largest absolute Gasteiger partial charge is 0.480 e. The Hall–Kier alpha value is -1.52. The van der Waals surface area contributed by atoms with Gasteiger partial charge in [-0.05, 0) is 52.7 Å². The predicted molar refractivity (Wildman–Crippen MR) is 89.0 cm³/mol. The van der Waals surface area contributed by atoms with Crippen LogP contribution in [0.15, 0.2) is 46.9 Å². The van der Waals surface area contributed by atoms with E-state index < -0.39 is 5.97 Å². The maximum atomic E-state index is 11.1. The third-order valence-corrected chi connectivity index (χ3v) is 4.32. The first-order chi connectivity index (χ1) is 9.95. The summed E-state index contributed by atoms with van der Waals surface area (Å²) in [5.74, 6) is -0.862. The molecule has 5 heteroatoms. The van der Waals surface area contributed by atoms with Gasteiger partial charge >= 0.3 is 5.97 Å². The van der Waals surface area contributed by atoms with Crippen LogP contribution in [-0.2, 0) is 11.3 Å². The fourth-order valence-corrected chi connectivity index (χ4v) is 2.47. The zero-order chi connectivity index (χ0) is 15.4. The molecule has 0 radical (unpaired) electrons. The molecule has 0 aliphatic heterocycles. The monoisotopic (exact) mass is 367 g/mol. The fraction of sp³-hybridized carbons (Fsp3) is 0.188. The van der Waals surface area contributed by atoms with E-state index in [0.29, 0.717) is 11.6 Å². The van der Waals surface area contributed by atoms with Crippen molar-refractivity contribution in [2.45, 2.75) is 13.5 Å². The molecule has 3 nitrogen and oxygen atoms in total. The van der Waals surface area contributed by atoms with Crippen molar-refractivity contribution in [2.24, 2.45) is 0 Å². The zero-order valence-electron chi connectivity index (χ0n) is 11.5. The van der Waals surface area contributed by atoms with Crippen molar-refractivity contribution < 1.29 is 9.90 Å². The minimum absolute atomic E-state index is 0.0588. The molecular weight excluding hydrogens is 354 g/mol. The molecule has 21 heavy (non-hydrogen) atoms. The summed E-state index contributed by atoms with van der Waals surface area (Å²) in [6.45, 7) is 2.43. The molecule has 0 aromatic heterocycles. The lowest BCUT2D eigenvalue weighted by atomic mass is 10.1. The van der Waals surface area contributed by atoms with Crippen molar-refractivity contribution in [2.75, 3.05) is 11.4 Å². The van der Waals surface area contributed by atoms with Gasteiger partial charge in [0.25, 0.3) is 0 Å². The fourth-order valence-electron chi connectivity index (χ4n) is 2.02. The highest BCUT2D eigenvalue weighted by Gasteiger charge is 2.12. The standard InChI is InChI=1S/C16H15BrClNO2/c1-11-2-5-13(6-3-11)19(10-16(20)21)9-12-4-7-14(17)15(18)8-12/h2-8H,9-10H2,1H3,(H,20,21). The molecule has 0 aliphatic carbocycles. The lowest BCUT2D eigenvalue weighted by molar-refractivity contribution is -0.135. The molecule has 2 aromatic carbocycles. The summed E-state index contributed by atoms with van der Waals surface area (Å²) in [5, 5.41) is 9.72. The number of aryl methyl sites for hydroxylation is 1. The first kappa shape index (κ1) is 15.9. The number of nitrogens with zero attached hydrogens (tertiary/aromatic N) is 1. The van der Waals surface area contributed by atoms with E-state index in [2.05, 4.69) is 15.9 Å². The summed E-state index contributed by atoms with van der Waals surface area (Å²) >= 11 is 9.44. The van der Waals surface area contributed by atoms with Crippen molar-refractivity contribution in [3.8, 4) is 0 Å². The van der Waals surface area contributed by atoms with Crippen LogP contribution in [0.4, 0.5) is 5.69 Å². The average molecular weight is 369 g/mol. The summed E-state index contributed by atoms with van der Waals surface area (Å²) in [6.07, 6.45) is 0. The van der Waals surface area contributed by atoms with Crippen molar-refractivity contribution in [3.63, 3.8) is 0 Å². The van der Waals surface area contributed by atoms with Gasteiger partial charge in [-0.15, -0.1) is 0 Å². The highest BCUT2D eigenvalue weighted by atomic mass is 79.9. The molecule has 0 unspecified atom stereocenters. The van der Waals surface area contributed by atoms with Crippen LogP contribution in [0.1, 0.15) is 11.1 Å². The van der Waals surface area contributed by atoms with E-state index in [1.54, 1.807) is 4.90 Å². The number of carbonyl (C=O) groups is 1. The van der Waals surface area contributed by atoms with E-state index in [0.717, 1.165) is 21.3 Å². The maximum Gasteiger partial charge on any atom is 0.323 e. The molecule has 2 aromatic rings. The highest BCUT2D eigenvalue weighted by molar-refractivity contribution is 9.10. The number of hydrogen-bond acceptors (Lipinski definition) is 2. The quantitative estimate of drug-likeness (QED) is 0.844. The van der Waals surface area contributed by atoms with E-state index in [4.69, 9.17) is 16.7 Å². The molecule has 1 N–H and O–H groups in total. The smallest absolute Gasteiger partial charge is 0.323 e. The van der Waals surface area contributed by atoms with Crippen molar-refractivity contribution >= 4 is 39.2 Å². The molecule has 0 bridgehead atoms. The minimum atomic E-state index is -0.862. The first-order valence-electron chi connectivity index (χ1n) is 6.43. The van der Waals surface area contributed by atoms with Crippen LogP contribution in [0.3, 0.4) is 0 Å². The summed E-state index contributed by atoms with van der Waals surface area (Å²) in [4.78, 5) is 12.9. The van der Waals surface area contributed by atoms with E-state index in [1.807, 2.05) is 49.4 Å². The number of carboxylic acid groups (broad SMARTS) is 1. The first-order valence-corrected chi connectivity index (χ1v) is 7.60. The van der Waals surface area contributed by atoms with Gasteiger partial charge < -0.3 is 10.0 Å². The van der Waals surface area contributed by atoms with Gasteiger partial charge in [-0.1, -0.05) is 35.4 Å². The van der Waals surface area contributed by atoms with E-state index in [9.17, 15) is 4.79 Å². The van der Waals surface area contributed by atoms with Gasteiger partial charge in [0.15, 0.2) is 0 Å². The maximum absolute atomic E-state index is 11.1. The van der Waals surface area contributed by atoms with Crippen LogP contribution in [0.5, 0.6) is 0 Å². The molecule has 0 aliphatic rings. The predicted octanol–water partition coefficient (Wildman–Crippen LogP) is 4.50. The van der Waals surface area contributed by atoms with Crippen LogP contribution in [0.25, 0.3) is 0 Å². The van der Waals surface area contributed by atoms with E-state index >= 15 is 0 Å². The molecule has 110 valence electrons. The van der Waals surface area contributed by atoms with Crippen LogP contribution in [0, 0.1) is 6.92 Å². The highest BCUT2D eigenvalue weighted by Crippen LogP contribution is 2.25. The van der Waals surface area contributed by atoms with Crippen molar-refractivity contribution in [1.29, 1.82) is 0 Å². The molecule has 0 fully saturated rings. The van der Waals surface area contributed by atoms with Gasteiger partial charge in [-0.25, -0.2) is 0 Å². The second-order valence-corrected chi connectivity index (χ2v) is 6.10. The number of rotatable bonds is 5. The van der Waals surface area contributed by atoms with Crippen molar-refractivity contribution in [1.82, 2.24) is 0 Å². The Morgan fingerprint density at radius 1 is 1.24 bits per heavy atom. The van der Waals surface area contributed by atoms with Gasteiger partial charge in [0, 0.05) is 16.7 Å². The van der Waals surface area contributed by atoms with Gasteiger partial charge in [-0.3, -0.25) is 4.79 Å². The number of benzene rings is 2. The Kier molecular flexibility index (Phi) is 5.26. The molecule has 0 atom stereocenters. The third-order valence-electron chi connectivity index (χ3n) is 3.08. The number of halogens is 2. The lowest BCUT2D eigenvalue weighted by Gasteiger charge is -2.23. The van der Waals surface area contributed by atoms with Gasteiger partial charge in [0.05, 0.1) is 5.02 Å². The average Bonchev–Trinajstić information content (AvgIpc) is 2.42. The second-order valence-electron chi connectivity index (χ2n) is 4.83. The van der Waals surface area contributed by atoms with Crippen LogP contribution in [-0.4, -0.2) is 17.6 Å². The number of anilines is 1. The Balaban J connectivity index is 2.25. The Morgan fingerprint density at radius 2 is 1.90 bits per heavy atom. The minimum Gasteiger partial charge on any atom is -0.480 e. The van der Waals surface area contributed by atoms with Gasteiger partial charge in [0.1, 0.15) is 6.54 Å². The lowest BCUT2D eigenvalue weighted by Crippen LogP contribution is -2.29. The molecule has 0 saturated carbocycles. The van der Waals surface area contributed by atoms with E-state index in [-0.39, 0.29) is 6.54 Å². The Bertz CT molecular complexity index is 643. The van der Waals surface area contributed by atoms with Crippen molar-refractivity contribution in [3.05, 3.63) is 63.1 Å². The second kappa shape index (κ2) is 6.96. The van der Waals surface area contributed by atoms with Gasteiger partial charge in [0.2, 0.25) is 0 Å². The van der Waals surface area contributed by atoms with Crippen LogP contribution >= 0.6 is 27.5 Å². The SMILES string of the molecule is Cc1ccc(N(CC(=O)O)Cc2ccc(Br)c(Cl)c2)cc1. The third kappa shape index (κ3) is 4.48. The van der Waals surface area contributed by atoms with E-state index in [1.165, 1.54) is 0 Å². The molecular formula is C16H15BrClNO2. The molecule has 0 heterocycles. The summed E-state index contributed by atoms with van der Waals surface area (Å²) < 4.78 is 0.827. The Morgan fingerprint density at radius 3 is 2.48 bits per heavy atom. The number of carboxylic acids is 1. The summed E-state index contributed by atoms with van der Waals surface area (Å²) in [7, 11) is 0. The number of aliphatic carboxylic acids is 1. The topological polar surface area (TPSA) is 40.5 Å². The summed E-state index contributed by atoms with van der Waals surface area (Å²) in [6, 6.07) is 13.4. The Labute approximate surface area is 137 Å². The normalized spacial score (nSPS) is 10.4. The van der Waals surface area contributed by atoms with Crippen LogP contribution in [0.2, 0.25) is 5.02 Å². The number of hydrogen-bond donors (Lipinski definition) is 1. The zero-order valence-corrected chi connectivity index (χ0v) is 13.9. The van der Waals surface area contributed by atoms with Gasteiger partial charge in [-0.2, -0.15) is 0 Å². The molecule has 0 amide bonds. The molecule has 0 spiro atoms. The molecule has 0 saturated heterocycles.